The molecule has 0 N–H and O–H groups in total. The lowest BCUT2D eigenvalue weighted by Gasteiger charge is -2.35. The second kappa shape index (κ2) is 8.17. The van der Waals surface area contributed by atoms with Gasteiger partial charge in [-0.15, -0.1) is 10.2 Å². The summed E-state index contributed by atoms with van der Waals surface area (Å²) < 4.78 is 0. The molecule has 2 saturated heterocycles. The highest BCUT2D eigenvalue weighted by Gasteiger charge is 2.23. The summed E-state index contributed by atoms with van der Waals surface area (Å²) in [7, 11) is 0. The van der Waals surface area contributed by atoms with Crippen molar-refractivity contribution in [2.24, 2.45) is 5.92 Å². The van der Waals surface area contributed by atoms with Gasteiger partial charge in [-0.2, -0.15) is 0 Å². The van der Waals surface area contributed by atoms with Gasteiger partial charge in [0.25, 0.3) is 5.91 Å². The zero-order chi connectivity index (χ0) is 19.5. The lowest BCUT2D eigenvalue weighted by molar-refractivity contribution is 0.0746. The molecule has 2 aliphatic heterocycles. The molecule has 148 valence electrons. The predicted octanol–water partition coefficient (Wildman–Crippen LogP) is 2.98. The molecule has 0 radical (unpaired) electrons. The maximum absolute atomic E-state index is 12.7. The largest absolute Gasteiger partial charge is 0.355 e. The van der Waals surface area contributed by atoms with E-state index in [1.165, 1.54) is 12.8 Å². The van der Waals surface area contributed by atoms with Crippen LogP contribution in [0.5, 0.6) is 0 Å². The lowest BCUT2D eigenvalue weighted by Crippen LogP contribution is -2.49. The van der Waals surface area contributed by atoms with Gasteiger partial charge in [0.2, 0.25) is 0 Å². The molecule has 6 heteroatoms. The van der Waals surface area contributed by atoms with Crippen molar-refractivity contribution in [1.29, 1.82) is 0 Å². The summed E-state index contributed by atoms with van der Waals surface area (Å²) in [6.45, 7) is 9.45. The Balaban J connectivity index is 1.34. The first-order chi connectivity index (χ1) is 13.6. The van der Waals surface area contributed by atoms with E-state index in [1.807, 2.05) is 36.1 Å². The Morgan fingerprint density at radius 2 is 1.50 bits per heavy atom. The Hall–Kier alpha value is -2.63. The van der Waals surface area contributed by atoms with Crippen molar-refractivity contribution in [3.63, 3.8) is 0 Å². The van der Waals surface area contributed by atoms with Crippen LogP contribution in [0.15, 0.2) is 36.4 Å². The van der Waals surface area contributed by atoms with Crippen LogP contribution in [0, 0.1) is 12.8 Å². The van der Waals surface area contributed by atoms with Gasteiger partial charge in [-0.3, -0.25) is 4.79 Å². The standard InChI is InChI=1S/C22H29N5O/c1-17-8-10-25(11-9-17)20-6-7-21(24-23-20)26-12-14-27(15-13-26)22(28)19-5-3-4-18(2)16-19/h3-7,16-17H,8-15H2,1-2H3. The first kappa shape index (κ1) is 18.7. The Labute approximate surface area is 167 Å². The topological polar surface area (TPSA) is 52.6 Å². The molecule has 1 aromatic heterocycles. The number of piperidine rings is 1. The molecule has 0 saturated carbocycles. The molecule has 0 atom stereocenters. The summed E-state index contributed by atoms with van der Waals surface area (Å²) >= 11 is 0. The van der Waals surface area contributed by atoms with Gasteiger partial charge in [0.15, 0.2) is 11.6 Å². The van der Waals surface area contributed by atoms with Crippen LogP contribution in [0.4, 0.5) is 11.6 Å². The predicted molar refractivity (Wildman–Crippen MR) is 112 cm³/mol. The van der Waals surface area contributed by atoms with E-state index in [-0.39, 0.29) is 5.91 Å². The van der Waals surface area contributed by atoms with E-state index in [4.69, 9.17) is 0 Å². The second-order valence-electron chi connectivity index (χ2n) is 8.07. The van der Waals surface area contributed by atoms with E-state index in [9.17, 15) is 4.79 Å². The molecule has 2 aliphatic rings. The Morgan fingerprint density at radius 3 is 2.07 bits per heavy atom. The Morgan fingerprint density at radius 1 is 0.893 bits per heavy atom. The molecular weight excluding hydrogens is 350 g/mol. The van der Waals surface area contributed by atoms with Crippen LogP contribution < -0.4 is 9.80 Å². The highest BCUT2D eigenvalue weighted by atomic mass is 16.2. The minimum atomic E-state index is 0.115. The van der Waals surface area contributed by atoms with Crippen molar-refractivity contribution in [3.05, 3.63) is 47.5 Å². The van der Waals surface area contributed by atoms with Gasteiger partial charge in [0.05, 0.1) is 0 Å². The molecule has 0 bridgehead atoms. The van der Waals surface area contributed by atoms with Crippen molar-refractivity contribution >= 4 is 17.5 Å². The molecule has 2 fully saturated rings. The third-order valence-corrected chi connectivity index (χ3v) is 5.90. The van der Waals surface area contributed by atoms with Gasteiger partial charge in [-0.05, 0) is 49.9 Å². The lowest BCUT2D eigenvalue weighted by atomic mass is 9.99. The number of nitrogens with zero attached hydrogens (tertiary/aromatic N) is 5. The minimum Gasteiger partial charge on any atom is -0.355 e. The van der Waals surface area contributed by atoms with Crippen LogP contribution >= 0.6 is 0 Å². The highest BCUT2D eigenvalue weighted by molar-refractivity contribution is 5.94. The molecule has 0 unspecified atom stereocenters. The average molecular weight is 380 g/mol. The van der Waals surface area contributed by atoms with Crippen molar-refractivity contribution in [1.82, 2.24) is 15.1 Å². The molecule has 0 spiro atoms. The fraction of sp³-hybridized carbons (Fsp3) is 0.500. The number of rotatable bonds is 3. The summed E-state index contributed by atoms with van der Waals surface area (Å²) in [6.07, 6.45) is 2.45. The van der Waals surface area contributed by atoms with E-state index in [2.05, 4.69) is 39.1 Å². The number of benzene rings is 1. The van der Waals surface area contributed by atoms with E-state index in [1.54, 1.807) is 0 Å². The highest BCUT2D eigenvalue weighted by Crippen LogP contribution is 2.22. The summed E-state index contributed by atoms with van der Waals surface area (Å²) in [5.41, 5.74) is 1.89. The molecular formula is C22H29N5O. The van der Waals surface area contributed by atoms with Crippen molar-refractivity contribution in [2.75, 3.05) is 49.1 Å². The normalized spacial score (nSPS) is 18.4. The Bertz CT molecular complexity index is 806. The number of carbonyl (C=O) groups excluding carboxylic acids is 1. The number of anilines is 2. The molecule has 0 aliphatic carbocycles. The van der Waals surface area contributed by atoms with Crippen LogP contribution in [0.1, 0.15) is 35.7 Å². The Kier molecular flexibility index (Phi) is 5.46. The van der Waals surface area contributed by atoms with Crippen LogP contribution in [0.3, 0.4) is 0 Å². The van der Waals surface area contributed by atoms with Crippen LogP contribution in [0.2, 0.25) is 0 Å². The van der Waals surface area contributed by atoms with Gasteiger partial charge in [0, 0.05) is 44.8 Å². The number of hydrogen-bond donors (Lipinski definition) is 0. The summed E-state index contributed by atoms with van der Waals surface area (Å²) in [5.74, 6) is 2.80. The molecule has 1 aromatic carbocycles. The number of hydrogen-bond acceptors (Lipinski definition) is 5. The molecule has 2 aromatic rings. The second-order valence-corrected chi connectivity index (χ2v) is 8.07. The number of piperazine rings is 1. The van der Waals surface area contributed by atoms with Crippen LogP contribution in [0.25, 0.3) is 0 Å². The molecule has 3 heterocycles. The van der Waals surface area contributed by atoms with Crippen LogP contribution in [-0.2, 0) is 0 Å². The first-order valence-electron chi connectivity index (χ1n) is 10.3. The zero-order valence-electron chi connectivity index (χ0n) is 16.8. The van der Waals surface area contributed by atoms with E-state index < -0.39 is 0 Å². The monoisotopic (exact) mass is 379 g/mol. The third kappa shape index (κ3) is 4.11. The van der Waals surface area contributed by atoms with E-state index in [0.717, 1.165) is 54.9 Å². The smallest absolute Gasteiger partial charge is 0.253 e. The zero-order valence-corrected chi connectivity index (χ0v) is 16.8. The van der Waals surface area contributed by atoms with Crippen molar-refractivity contribution in [3.8, 4) is 0 Å². The maximum Gasteiger partial charge on any atom is 0.253 e. The van der Waals surface area contributed by atoms with Gasteiger partial charge >= 0.3 is 0 Å². The van der Waals surface area contributed by atoms with Crippen molar-refractivity contribution in [2.45, 2.75) is 26.7 Å². The van der Waals surface area contributed by atoms with Gasteiger partial charge < -0.3 is 14.7 Å². The van der Waals surface area contributed by atoms with Crippen molar-refractivity contribution < 1.29 is 4.79 Å². The molecule has 4 rings (SSSR count). The number of amides is 1. The molecule has 28 heavy (non-hydrogen) atoms. The number of carbonyl (C=O) groups is 1. The maximum atomic E-state index is 12.7. The SMILES string of the molecule is Cc1cccc(C(=O)N2CCN(c3ccc(N4CCC(C)CC4)nn3)CC2)c1. The van der Waals surface area contributed by atoms with Gasteiger partial charge in [0.1, 0.15) is 0 Å². The van der Waals surface area contributed by atoms with E-state index in [0.29, 0.717) is 13.1 Å². The van der Waals surface area contributed by atoms with Gasteiger partial charge in [-0.25, -0.2) is 0 Å². The quantitative estimate of drug-likeness (QED) is 0.821. The summed E-state index contributed by atoms with van der Waals surface area (Å²) in [5, 5.41) is 8.93. The fourth-order valence-corrected chi connectivity index (χ4v) is 3.99. The van der Waals surface area contributed by atoms with Crippen LogP contribution in [-0.4, -0.2) is 60.3 Å². The average Bonchev–Trinajstić information content (AvgIpc) is 2.74. The third-order valence-electron chi connectivity index (χ3n) is 5.90. The summed E-state index contributed by atoms with van der Waals surface area (Å²) in [6, 6.07) is 12.0. The van der Waals surface area contributed by atoms with E-state index >= 15 is 0 Å². The first-order valence-corrected chi connectivity index (χ1v) is 10.3. The number of aromatic nitrogens is 2. The fourth-order valence-electron chi connectivity index (χ4n) is 3.99. The molecule has 6 nitrogen and oxygen atoms in total. The van der Waals surface area contributed by atoms with Gasteiger partial charge in [-0.1, -0.05) is 24.6 Å². The number of aryl methyl sites for hydroxylation is 1. The molecule has 1 amide bonds. The summed E-state index contributed by atoms with van der Waals surface area (Å²) in [4.78, 5) is 19.2. The minimum absolute atomic E-state index is 0.115.